The second-order valence-electron chi connectivity index (χ2n) is 5.43. The third-order valence-corrected chi connectivity index (χ3v) is 3.99. The van der Waals surface area contributed by atoms with E-state index in [1.165, 1.54) is 0 Å². The van der Waals surface area contributed by atoms with E-state index in [1.807, 2.05) is 24.3 Å². The Bertz CT molecular complexity index is 551. The third-order valence-electron chi connectivity index (χ3n) is 3.99. The van der Waals surface area contributed by atoms with E-state index in [-0.39, 0.29) is 12.5 Å². The molecule has 1 amide bonds. The van der Waals surface area contributed by atoms with Crippen LogP contribution < -0.4 is 5.73 Å². The Kier molecular flexibility index (Phi) is 2.60. The topological polar surface area (TPSA) is 83.6 Å². The van der Waals surface area contributed by atoms with Gasteiger partial charge in [0, 0.05) is 13.1 Å². The molecule has 0 saturated heterocycles. The molecule has 1 heterocycles. The van der Waals surface area contributed by atoms with Crippen molar-refractivity contribution in [3.05, 3.63) is 35.4 Å². The lowest BCUT2D eigenvalue weighted by Crippen LogP contribution is -2.49. The first-order chi connectivity index (χ1) is 9.01. The van der Waals surface area contributed by atoms with Crippen molar-refractivity contribution in [1.29, 1.82) is 0 Å². The van der Waals surface area contributed by atoms with Crippen LogP contribution in [0.25, 0.3) is 0 Å². The van der Waals surface area contributed by atoms with Gasteiger partial charge in [-0.15, -0.1) is 0 Å². The molecule has 0 bridgehead atoms. The van der Waals surface area contributed by atoms with Crippen LogP contribution in [-0.4, -0.2) is 34.0 Å². The Balaban J connectivity index is 1.92. The molecule has 1 aromatic rings. The highest BCUT2D eigenvalue weighted by atomic mass is 16.4. The number of carboxylic acids is 1. The number of carboxylic acid groups (broad SMARTS) is 1. The van der Waals surface area contributed by atoms with E-state index in [1.54, 1.807) is 4.90 Å². The molecule has 0 radical (unpaired) electrons. The van der Waals surface area contributed by atoms with Gasteiger partial charge < -0.3 is 15.7 Å². The van der Waals surface area contributed by atoms with E-state index < -0.39 is 17.4 Å². The summed E-state index contributed by atoms with van der Waals surface area (Å²) < 4.78 is 0. The van der Waals surface area contributed by atoms with Gasteiger partial charge in [-0.25, -0.2) is 0 Å². The van der Waals surface area contributed by atoms with Gasteiger partial charge in [-0.1, -0.05) is 24.3 Å². The predicted molar refractivity (Wildman–Crippen MR) is 68.4 cm³/mol. The smallest absolute Gasteiger partial charge is 0.312 e. The molecule has 5 nitrogen and oxygen atoms in total. The molecule has 3 N–H and O–H groups in total. The minimum atomic E-state index is -0.896. The van der Waals surface area contributed by atoms with Crippen LogP contribution in [0.1, 0.15) is 29.9 Å². The number of fused-ring (bicyclic) bond motifs is 1. The Hall–Kier alpha value is -1.88. The van der Waals surface area contributed by atoms with Crippen molar-refractivity contribution in [2.45, 2.75) is 30.8 Å². The Morgan fingerprint density at radius 2 is 2.00 bits per heavy atom. The van der Waals surface area contributed by atoms with E-state index in [2.05, 4.69) is 0 Å². The molecule has 5 heteroatoms. The predicted octanol–water partition coefficient (Wildman–Crippen LogP) is 0.688. The van der Waals surface area contributed by atoms with E-state index in [4.69, 9.17) is 5.73 Å². The zero-order chi connectivity index (χ0) is 13.6. The molecule has 19 heavy (non-hydrogen) atoms. The minimum absolute atomic E-state index is 0.117. The number of carbonyl (C=O) groups is 2. The molecular formula is C14H16N2O3. The number of amides is 1. The monoisotopic (exact) mass is 260 g/mol. The van der Waals surface area contributed by atoms with Gasteiger partial charge in [0.2, 0.25) is 5.91 Å². The second-order valence-corrected chi connectivity index (χ2v) is 5.43. The van der Waals surface area contributed by atoms with Gasteiger partial charge in [0.15, 0.2) is 0 Å². The second kappa shape index (κ2) is 4.06. The van der Waals surface area contributed by atoms with Crippen molar-refractivity contribution in [2.24, 2.45) is 5.73 Å². The van der Waals surface area contributed by atoms with Crippen molar-refractivity contribution >= 4 is 11.9 Å². The fourth-order valence-electron chi connectivity index (χ4n) is 2.64. The zero-order valence-corrected chi connectivity index (χ0v) is 10.5. The Morgan fingerprint density at radius 1 is 1.32 bits per heavy atom. The van der Waals surface area contributed by atoms with Crippen molar-refractivity contribution < 1.29 is 14.7 Å². The molecular weight excluding hydrogens is 244 g/mol. The van der Waals surface area contributed by atoms with Gasteiger partial charge in [0.05, 0.1) is 11.5 Å². The summed E-state index contributed by atoms with van der Waals surface area (Å²) in [5.74, 6) is -1.67. The van der Waals surface area contributed by atoms with Gasteiger partial charge in [0.25, 0.3) is 0 Å². The maximum Gasteiger partial charge on any atom is 0.312 e. The van der Waals surface area contributed by atoms with Crippen molar-refractivity contribution in [3.63, 3.8) is 0 Å². The molecule has 1 atom stereocenters. The van der Waals surface area contributed by atoms with Crippen LogP contribution in [0, 0.1) is 0 Å². The molecule has 0 spiro atoms. The average Bonchev–Trinajstić information content (AvgIpc) is 3.15. The highest BCUT2D eigenvalue weighted by Gasteiger charge is 2.49. The number of nitrogens with zero attached hydrogens (tertiary/aromatic N) is 1. The van der Waals surface area contributed by atoms with Gasteiger partial charge in [-0.3, -0.25) is 9.59 Å². The molecule has 3 rings (SSSR count). The fraction of sp³-hybridized carbons (Fsp3) is 0.429. The number of aliphatic carboxylic acids is 1. The van der Waals surface area contributed by atoms with Crippen molar-refractivity contribution in [1.82, 2.24) is 4.90 Å². The summed E-state index contributed by atoms with van der Waals surface area (Å²) in [4.78, 5) is 25.2. The van der Waals surface area contributed by atoms with Crippen LogP contribution >= 0.6 is 0 Å². The first-order valence-electron chi connectivity index (χ1n) is 6.40. The summed E-state index contributed by atoms with van der Waals surface area (Å²) in [6.45, 7) is 0.669. The molecule has 0 aromatic heterocycles. The van der Waals surface area contributed by atoms with Crippen LogP contribution in [0.3, 0.4) is 0 Å². The fourth-order valence-corrected chi connectivity index (χ4v) is 2.64. The molecule has 1 aliphatic carbocycles. The number of nitrogens with two attached hydrogens (primary N) is 1. The summed E-state index contributed by atoms with van der Waals surface area (Å²) >= 11 is 0. The molecule has 1 saturated carbocycles. The first-order valence-corrected chi connectivity index (χ1v) is 6.40. The summed E-state index contributed by atoms with van der Waals surface area (Å²) in [5.41, 5.74) is 6.89. The highest BCUT2D eigenvalue weighted by molar-refractivity contribution is 5.90. The quantitative estimate of drug-likeness (QED) is 0.819. The number of hydrogen-bond donors (Lipinski definition) is 2. The van der Waals surface area contributed by atoms with Gasteiger partial charge in [-0.05, 0) is 24.0 Å². The SMILES string of the molecule is NC1(C(=O)N2Cc3ccccc3C(C(=O)O)C2)CC1. The molecule has 1 aromatic carbocycles. The summed E-state index contributed by atoms with van der Waals surface area (Å²) in [6.07, 6.45) is 1.39. The van der Waals surface area contributed by atoms with E-state index in [9.17, 15) is 14.7 Å². The number of rotatable bonds is 2. The Morgan fingerprint density at radius 3 is 2.63 bits per heavy atom. The van der Waals surface area contributed by atoms with Crippen LogP contribution in [-0.2, 0) is 16.1 Å². The summed E-state index contributed by atoms with van der Waals surface area (Å²) in [5, 5.41) is 9.33. The minimum Gasteiger partial charge on any atom is -0.481 e. The lowest BCUT2D eigenvalue weighted by molar-refractivity contribution is -0.142. The summed E-state index contributed by atoms with van der Waals surface area (Å²) in [6, 6.07) is 7.39. The molecule has 1 fully saturated rings. The molecule has 100 valence electrons. The maximum atomic E-state index is 12.3. The normalized spacial score (nSPS) is 23.6. The Labute approximate surface area is 111 Å². The highest BCUT2D eigenvalue weighted by Crippen LogP contribution is 2.37. The van der Waals surface area contributed by atoms with Gasteiger partial charge in [-0.2, -0.15) is 0 Å². The average molecular weight is 260 g/mol. The maximum absolute atomic E-state index is 12.3. The van der Waals surface area contributed by atoms with Crippen LogP contribution in [0.5, 0.6) is 0 Å². The van der Waals surface area contributed by atoms with E-state index in [0.29, 0.717) is 19.4 Å². The van der Waals surface area contributed by atoms with Crippen LogP contribution in [0.15, 0.2) is 24.3 Å². The van der Waals surface area contributed by atoms with E-state index >= 15 is 0 Å². The molecule has 2 aliphatic rings. The van der Waals surface area contributed by atoms with Gasteiger partial charge in [0.1, 0.15) is 0 Å². The number of carbonyl (C=O) groups excluding carboxylic acids is 1. The standard InChI is InChI=1S/C14H16N2O3/c15-14(5-6-14)13(19)16-7-9-3-1-2-4-10(9)11(8-16)12(17)18/h1-4,11H,5-8,15H2,(H,17,18). The largest absolute Gasteiger partial charge is 0.481 e. The molecule has 1 unspecified atom stereocenters. The number of benzene rings is 1. The summed E-state index contributed by atoms with van der Waals surface area (Å²) in [7, 11) is 0. The lowest BCUT2D eigenvalue weighted by atomic mass is 9.89. The zero-order valence-electron chi connectivity index (χ0n) is 10.5. The third kappa shape index (κ3) is 2.00. The van der Waals surface area contributed by atoms with Crippen molar-refractivity contribution in [2.75, 3.05) is 6.54 Å². The molecule has 1 aliphatic heterocycles. The van der Waals surface area contributed by atoms with Crippen LogP contribution in [0.2, 0.25) is 0 Å². The van der Waals surface area contributed by atoms with Crippen LogP contribution in [0.4, 0.5) is 0 Å². The lowest BCUT2D eigenvalue weighted by Gasteiger charge is -2.34. The van der Waals surface area contributed by atoms with Crippen molar-refractivity contribution in [3.8, 4) is 0 Å². The first kappa shape index (κ1) is 12.2. The van der Waals surface area contributed by atoms with Gasteiger partial charge >= 0.3 is 5.97 Å². The number of hydrogen-bond acceptors (Lipinski definition) is 3. The van der Waals surface area contributed by atoms with E-state index in [0.717, 1.165) is 11.1 Å².